The van der Waals surface area contributed by atoms with Gasteiger partial charge >= 0.3 is 0 Å². The summed E-state index contributed by atoms with van der Waals surface area (Å²) in [4.78, 5) is 11.9. The van der Waals surface area contributed by atoms with Crippen molar-refractivity contribution in [2.45, 2.75) is 30.7 Å². The van der Waals surface area contributed by atoms with Crippen LogP contribution >= 0.6 is 0 Å². The molecule has 0 aliphatic carbocycles. The first-order valence-electron chi connectivity index (χ1n) is 10.8. The number of ether oxygens (including phenoxy) is 1. The summed E-state index contributed by atoms with van der Waals surface area (Å²) in [5.41, 5.74) is 2.71. The lowest BCUT2D eigenvalue weighted by atomic mass is 9.85. The molecule has 4 rings (SSSR count). The number of rotatable bonds is 6. The standard InChI is InChI=1S/C26H24F2N2O4S/c1-26(2)15-17-9-12-19(34-3)13-20(17)23(29-26)14-24(31)16-7-10-18(11-8-16)30-35(32,33)25-21(27)5-4-6-22(25)28/h4-14,29-30H,15H2,1-3H3/b23-14-. The summed E-state index contributed by atoms with van der Waals surface area (Å²) in [5, 5.41) is 3.39. The van der Waals surface area contributed by atoms with Crippen molar-refractivity contribution in [2.24, 2.45) is 0 Å². The van der Waals surface area contributed by atoms with Gasteiger partial charge in [-0.25, -0.2) is 17.2 Å². The third-order valence-electron chi connectivity index (χ3n) is 5.60. The number of ketones is 1. The second-order valence-electron chi connectivity index (χ2n) is 8.86. The summed E-state index contributed by atoms with van der Waals surface area (Å²) in [5.74, 6) is -2.02. The second kappa shape index (κ2) is 9.14. The normalized spacial score (nSPS) is 15.7. The Morgan fingerprint density at radius 1 is 1.06 bits per heavy atom. The van der Waals surface area contributed by atoms with Crippen molar-refractivity contribution in [2.75, 3.05) is 11.8 Å². The van der Waals surface area contributed by atoms with Crippen LogP contribution in [0.15, 0.2) is 71.6 Å². The van der Waals surface area contributed by atoms with Gasteiger partial charge in [-0.1, -0.05) is 12.1 Å². The fourth-order valence-corrected chi connectivity index (χ4v) is 5.21. The van der Waals surface area contributed by atoms with E-state index in [2.05, 4.69) is 10.0 Å². The van der Waals surface area contributed by atoms with Crippen molar-refractivity contribution < 1.29 is 26.7 Å². The van der Waals surface area contributed by atoms with Crippen LogP contribution in [0.3, 0.4) is 0 Å². The van der Waals surface area contributed by atoms with Crippen LogP contribution in [-0.2, 0) is 16.4 Å². The highest BCUT2D eigenvalue weighted by atomic mass is 32.2. The van der Waals surface area contributed by atoms with E-state index < -0.39 is 26.6 Å². The van der Waals surface area contributed by atoms with Crippen molar-refractivity contribution in [3.05, 3.63) is 95.1 Å². The van der Waals surface area contributed by atoms with Crippen molar-refractivity contribution >= 4 is 27.2 Å². The number of hydrogen-bond donors (Lipinski definition) is 2. The zero-order chi connectivity index (χ0) is 25.4. The number of anilines is 1. The van der Waals surface area contributed by atoms with E-state index in [0.29, 0.717) is 17.0 Å². The maximum Gasteiger partial charge on any atom is 0.267 e. The predicted octanol–water partition coefficient (Wildman–Crippen LogP) is 4.92. The van der Waals surface area contributed by atoms with E-state index in [1.54, 1.807) is 7.11 Å². The van der Waals surface area contributed by atoms with Crippen molar-refractivity contribution in [1.82, 2.24) is 5.32 Å². The highest BCUT2D eigenvalue weighted by Crippen LogP contribution is 2.32. The third-order valence-corrected chi connectivity index (χ3v) is 7.03. The van der Waals surface area contributed by atoms with E-state index in [-0.39, 0.29) is 17.0 Å². The fourth-order valence-electron chi connectivity index (χ4n) is 4.02. The molecule has 0 spiro atoms. The van der Waals surface area contributed by atoms with Gasteiger partial charge in [-0.15, -0.1) is 0 Å². The summed E-state index contributed by atoms with van der Waals surface area (Å²) in [6.45, 7) is 4.08. The molecule has 3 aromatic rings. The van der Waals surface area contributed by atoms with Crippen molar-refractivity contribution in [3.8, 4) is 5.75 Å². The number of fused-ring (bicyclic) bond motifs is 1. The fraction of sp³-hybridized carbons (Fsp3) is 0.192. The van der Waals surface area contributed by atoms with Crippen LogP contribution in [0.4, 0.5) is 14.5 Å². The Balaban J connectivity index is 1.59. The maximum atomic E-state index is 13.9. The summed E-state index contributed by atoms with van der Waals surface area (Å²) in [6.07, 6.45) is 2.27. The average molecular weight is 499 g/mol. The zero-order valence-corrected chi connectivity index (χ0v) is 20.2. The van der Waals surface area contributed by atoms with Crippen LogP contribution in [0.1, 0.15) is 35.3 Å². The van der Waals surface area contributed by atoms with E-state index in [0.717, 1.165) is 35.7 Å². The largest absolute Gasteiger partial charge is 0.497 e. The molecule has 1 heterocycles. The lowest BCUT2D eigenvalue weighted by molar-refractivity contribution is 0.104. The summed E-state index contributed by atoms with van der Waals surface area (Å²) in [6, 6.07) is 14.1. The van der Waals surface area contributed by atoms with Gasteiger partial charge < -0.3 is 10.1 Å². The molecule has 35 heavy (non-hydrogen) atoms. The van der Waals surface area contributed by atoms with E-state index in [4.69, 9.17) is 4.74 Å². The van der Waals surface area contributed by atoms with Gasteiger partial charge in [-0.2, -0.15) is 0 Å². The molecule has 2 N–H and O–H groups in total. The molecular weight excluding hydrogens is 474 g/mol. The number of methoxy groups -OCH3 is 1. The molecule has 0 atom stereocenters. The number of sulfonamides is 1. The molecule has 0 aromatic heterocycles. The van der Waals surface area contributed by atoms with Gasteiger partial charge in [0.1, 0.15) is 17.4 Å². The van der Waals surface area contributed by atoms with Gasteiger partial charge in [-0.3, -0.25) is 9.52 Å². The molecule has 0 bridgehead atoms. The quantitative estimate of drug-likeness (QED) is 0.372. The topological polar surface area (TPSA) is 84.5 Å². The summed E-state index contributed by atoms with van der Waals surface area (Å²) < 4.78 is 60.3. The van der Waals surface area contributed by atoms with E-state index >= 15 is 0 Å². The number of carbonyl (C=O) groups is 1. The first-order chi connectivity index (χ1) is 16.5. The minimum absolute atomic E-state index is 0.0591. The Morgan fingerprint density at radius 2 is 1.71 bits per heavy atom. The Bertz CT molecular complexity index is 1410. The monoisotopic (exact) mass is 498 g/mol. The van der Waals surface area contributed by atoms with E-state index in [1.807, 2.05) is 32.0 Å². The van der Waals surface area contributed by atoms with E-state index in [1.165, 1.54) is 30.3 Å². The molecule has 0 saturated heterocycles. The SMILES string of the molecule is COc1ccc2c(c1)/C(=C/C(=O)c1ccc(NS(=O)(=O)c3c(F)cccc3F)cc1)NC(C)(C)C2. The van der Waals surface area contributed by atoms with Crippen LogP contribution in [0, 0.1) is 11.6 Å². The Kier molecular flexibility index (Phi) is 6.38. The summed E-state index contributed by atoms with van der Waals surface area (Å²) >= 11 is 0. The molecule has 3 aromatic carbocycles. The van der Waals surface area contributed by atoms with E-state index in [9.17, 15) is 22.0 Å². The smallest absolute Gasteiger partial charge is 0.267 e. The highest BCUT2D eigenvalue weighted by Gasteiger charge is 2.28. The van der Waals surface area contributed by atoms with Crippen LogP contribution in [-0.4, -0.2) is 26.8 Å². The molecule has 1 aliphatic heterocycles. The minimum Gasteiger partial charge on any atom is -0.497 e. The number of nitrogens with one attached hydrogen (secondary N) is 2. The molecule has 1 aliphatic rings. The predicted molar refractivity (Wildman–Crippen MR) is 130 cm³/mol. The van der Waals surface area contributed by atoms with Gasteiger partial charge in [0.2, 0.25) is 0 Å². The number of halogens is 2. The Morgan fingerprint density at radius 3 is 2.34 bits per heavy atom. The van der Waals surface area contributed by atoms with Crippen LogP contribution in [0.5, 0.6) is 5.75 Å². The van der Waals surface area contributed by atoms with Gasteiger partial charge in [0.05, 0.1) is 7.11 Å². The lowest BCUT2D eigenvalue weighted by Gasteiger charge is -2.35. The molecule has 0 radical (unpaired) electrons. The maximum absolute atomic E-state index is 13.9. The molecule has 0 unspecified atom stereocenters. The van der Waals surface area contributed by atoms with Gasteiger partial charge in [0.25, 0.3) is 10.0 Å². The van der Waals surface area contributed by atoms with Crippen molar-refractivity contribution in [1.29, 1.82) is 0 Å². The molecule has 0 amide bonds. The van der Waals surface area contributed by atoms with Gasteiger partial charge in [0.15, 0.2) is 10.7 Å². The average Bonchev–Trinajstić information content (AvgIpc) is 2.78. The van der Waals surface area contributed by atoms with Crippen molar-refractivity contribution in [3.63, 3.8) is 0 Å². The number of benzene rings is 3. The van der Waals surface area contributed by atoms with Gasteiger partial charge in [-0.05, 0) is 74.4 Å². The summed E-state index contributed by atoms with van der Waals surface area (Å²) in [7, 11) is -2.93. The lowest BCUT2D eigenvalue weighted by Crippen LogP contribution is -2.43. The minimum atomic E-state index is -4.50. The zero-order valence-electron chi connectivity index (χ0n) is 19.4. The molecule has 0 fully saturated rings. The first kappa shape index (κ1) is 24.4. The first-order valence-corrected chi connectivity index (χ1v) is 12.3. The van der Waals surface area contributed by atoms with Crippen LogP contribution < -0.4 is 14.8 Å². The molecule has 0 saturated carbocycles. The second-order valence-corrected chi connectivity index (χ2v) is 10.5. The molecule has 9 heteroatoms. The number of allylic oxidation sites excluding steroid dienone is 1. The molecule has 6 nitrogen and oxygen atoms in total. The highest BCUT2D eigenvalue weighted by molar-refractivity contribution is 7.92. The third kappa shape index (κ3) is 5.19. The number of carbonyl (C=O) groups excluding carboxylic acids is 1. The number of hydrogen-bond acceptors (Lipinski definition) is 5. The van der Waals surface area contributed by atoms with Crippen LogP contribution in [0.25, 0.3) is 5.70 Å². The Hall–Kier alpha value is -3.72. The molecular formula is C26H24F2N2O4S. The Labute approximate surface area is 202 Å². The van der Waals surface area contributed by atoms with Crippen LogP contribution in [0.2, 0.25) is 0 Å². The molecule has 182 valence electrons. The van der Waals surface area contributed by atoms with Gasteiger partial charge in [0, 0.05) is 34.1 Å².